The van der Waals surface area contributed by atoms with Crippen molar-refractivity contribution < 1.29 is 34.1 Å². The second-order valence-electron chi connectivity index (χ2n) is 16.5. The number of carbonyl (C=O) groups is 4. The summed E-state index contributed by atoms with van der Waals surface area (Å²) in [7, 11) is 0. The summed E-state index contributed by atoms with van der Waals surface area (Å²) in [6, 6.07) is -1.42. The fourth-order valence-electron chi connectivity index (χ4n) is 6.89. The number of aliphatic carboxylic acids is 1. The monoisotopic (exact) mass is 867 g/mol. The van der Waals surface area contributed by atoms with Gasteiger partial charge < -0.3 is 25.6 Å². The molecule has 0 radical (unpaired) electrons. The summed E-state index contributed by atoms with van der Waals surface area (Å²) in [6.07, 6.45) is 59.5. The van der Waals surface area contributed by atoms with Gasteiger partial charge in [-0.1, -0.05) is 183 Å². The molecule has 2 atom stereocenters. The first kappa shape index (κ1) is 58.3. The molecule has 4 N–H and O–H groups in total. The van der Waals surface area contributed by atoms with Crippen molar-refractivity contribution in [3.8, 4) is 0 Å². The summed E-state index contributed by atoms with van der Waals surface area (Å²) in [4.78, 5) is 48.0. The molecule has 0 heterocycles. The average Bonchev–Trinajstić information content (AvgIpc) is 3.26. The van der Waals surface area contributed by atoms with Crippen LogP contribution >= 0.6 is 0 Å². The number of aliphatic hydroxyl groups excluding tert-OH is 1. The van der Waals surface area contributed by atoms with E-state index < -0.39 is 24.5 Å². The fraction of sp³-hybridized carbons (Fsp3) is 0.698. The smallest absolute Gasteiger partial charge is 0.328 e. The van der Waals surface area contributed by atoms with Gasteiger partial charge in [0.1, 0.15) is 12.1 Å². The van der Waals surface area contributed by atoms with Gasteiger partial charge in [-0.05, 0) is 89.5 Å². The van der Waals surface area contributed by atoms with Crippen LogP contribution in [0.3, 0.4) is 0 Å². The molecule has 62 heavy (non-hydrogen) atoms. The second kappa shape index (κ2) is 46.8. The number of carboxylic acid groups (broad SMARTS) is 1. The standard InChI is InChI=1S/C53H90N2O7/c1-3-5-7-9-11-13-15-17-19-20-21-22-23-24-25-26-27-29-31-33-35-37-39-45-52(59)62-48(42-38-36-34-32-30-28-18-16-14-12-10-8-6-4-2)43-40-41-44-50(57)54-46-51(58)55-49(47-56)53(60)61/h6,8,12,14,18,20-21,28,32,34,38,42,48-49,56H,3-5,7,9-11,13,15-17,19,22-27,29-31,33,35-37,39-41,43-47H2,1-2H3,(H,54,57)(H,55,58)(H,60,61)/b8-6-,14-12-,21-20-,28-18-,34-32-,42-38-. The van der Waals surface area contributed by atoms with Crippen molar-refractivity contribution in [2.24, 2.45) is 0 Å². The number of unbranched alkanes of at least 4 members (excludes halogenated alkanes) is 20. The highest BCUT2D eigenvalue weighted by Gasteiger charge is 2.19. The molecule has 0 aliphatic rings. The number of hydrogen-bond acceptors (Lipinski definition) is 6. The number of esters is 1. The Morgan fingerprint density at radius 2 is 0.968 bits per heavy atom. The van der Waals surface area contributed by atoms with Crippen molar-refractivity contribution in [2.75, 3.05) is 13.2 Å². The molecule has 0 spiro atoms. The molecule has 0 aromatic heterocycles. The zero-order valence-corrected chi connectivity index (χ0v) is 39.4. The van der Waals surface area contributed by atoms with Gasteiger partial charge in [0.05, 0.1) is 13.2 Å². The van der Waals surface area contributed by atoms with Gasteiger partial charge in [-0.15, -0.1) is 0 Å². The lowest BCUT2D eigenvalue weighted by Crippen LogP contribution is -2.47. The van der Waals surface area contributed by atoms with Crippen LogP contribution in [0.25, 0.3) is 0 Å². The highest BCUT2D eigenvalue weighted by molar-refractivity contribution is 5.87. The van der Waals surface area contributed by atoms with Crippen LogP contribution in [0.4, 0.5) is 0 Å². The topological polar surface area (TPSA) is 142 Å². The molecule has 0 aliphatic carbocycles. The SMILES string of the molecule is CC/C=C\C/C=C\C/C=C\C/C=C\C/C=C\C(CCCCC(=O)NCC(=O)NC(CO)C(=O)O)OC(=O)CCCCCCCCCCCCC/C=C\CCCCCCCCCC. The van der Waals surface area contributed by atoms with Crippen LogP contribution in [0, 0.1) is 0 Å². The number of carbonyl (C=O) groups excluding carboxylic acids is 3. The van der Waals surface area contributed by atoms with E-state index in [2.05, 4.69) is 85.2 Å². The molecule has 0 aromatic carbocycles. The normalized spacial score (nSPS) is 13.1. The molecular weight excluding hydrogens is 777 g/mol. The summed E-state index contributed by atoms with van der Waals surface area (Å²) in [5.41, 5.74) is 0. The summed E-state index contributed by atoms with van der Waals surface area (Å²) >= 11 is 0. The van der Waals surface area contributed by atoms with Gasteiger partial charge in [0.15, 0.2) is 0 Å². The minimum atomic E-state index is -1.42. The number of amides is 2. The van der Waals surface area contributed by atoms with Crippen LogP contribution in [-0.4, -0.2) is 59.3 Å². The Labute approximate surface area is 378 Å². The van der Waals surface area contributed by atoms with Gasteiger partial charge in [0.25, 0.3) is 0 Å². The third kappa shape index (κ3) is 42.9. The molecule has 9 heteroatoms. The number of nitrogens with one attached hydrogen (secondary N) is 2. The number of aliphatic hydroxyl groups is 1. The molecule has 354 valence electrons. The Balaban J connectivity index is 4.36. The molecule has 9 nitrogen and oxygen atoms in total. The number of rotatable bonds is 44. The van der Waals surface area contributed by atoms with Gasteiger partial charge in [-0.25, -0.2) is 4.79 Å². The summed E-state index contributed by atoms with van der Waals surface area (Å²) in [5.74, 6) is -2.57. The van der Waals surface area contributed by atoms with E-state index in [0.717, 1.165) is 51.4 Å². The van der Waals surface area contributed by atoms with E-state index in [1.165, 1.54) is 116 Å². The number of allylic oxidation sites excluding steroid dienone is 11. The lowest BCUT2D eigenvalue weighted by Gasteiger charge is -2.15. The first-order chi connectivity index (χ1) is 30.3. The molecule has 2 amide bonds. The van der Waals surface area contributed by atoms with Crippen LogP contribution in [0.15, 0.2) is 72.9 Å². The first-order valence-electron chi connectivity index (χ1n) is 24.8. The van der Waals surface area contributed by atoms with E-state index in [1.807, 2.05) is 12.2 Å². The Bertz CT molecular complexity index is 1270. The Hall–Kier alpha value is -3.72. The van der Waals surface area contributed by atoms with E-state index >= 15 is 0 Å². The third-order valence-electron chi connectivity index (χ3n) is 10.7. The maximum absolute atomic E-state index is 12.8. The van der Waals surface area contributed by atoms with Gasteiger partial charge in [0.2, 0.25) is 11.8 Å². The summed E-state index contributed by atoms with van der Waals surface area (Å²) in [5, 5.41) is 22.6. The lowest BCUT2D eigenvalue weighted by atomic mass is 10.0. The molecule has 2 unspecified atom stereocenters. The number of hydrogen-bond donors (Lipinski definition) is 4. The minimum absolute atomic E-state index is 0.180. The number of ether oxygens (including phenoxy) is 1. The third-order valence-corrected chi connectivity index (χ3v) is 10.7. The van der Waals surface area contributed by atoms with Crippen molar-refractivity contribution in [1.82, 2.24) is 10.6 Å². The zero-order chi connectivity index (χ0) is 45.4. The number of carboxylic acids is 1. The first-order valence-corrected chi connectivity index (χ1v) is 24.8. The molecule has 0 saturated carbocycles. The summed E-state index contributed by atoms with van der Waals surface area (Å²) in [6.45, 7) is 3.30. The van der Waals surface area contributed by atoms with Crippen LogP contribution in [0.5, 0.6) is 0 Å². The van der Waals surface area contributed by atoms with Crippen LogP contribution in [0.2, 0.25) is 0 Å². The molecule has 0 rings (SSSR count). The molecule has 0 saturated heterocycles. The predicted molar refractivity (Wildman–Crippen MR) is 259 cm³/mol. The Morgan fingerprint density at radius 3 is 1.45 bits per heavy atom. The maximum Gasteiger partial charge on any atom is 0.328 e. The Morgan fingerprint density at radius 1 is 0.516 bits per heavy atom. The van der Waals surface area contributed by atoms with Crippen LogP contribution in [-0.2, 0) is 23.9 Å². The van der Waals surface area contributed by atoms with Gasteiger partial charge in [0, 0.05) is 12.8 Å². The van der Waals surface area contributed by atoms with E-state index in [1.54, 1.807) is 0 Å². The zero-order valence-electron chi connectivity index (χ0n) is 39.4. The van der Waals surface area contributed by atoms with Crippen molar-refractivity contribution in [3.63, 3.8) is 0 Å². The molecule has 0 aromatic rings. The van der Waals surface area contributed by atoms with Crippen molar-refractivity contribution >= 4 is 23.8 Å². The van der Waals surface area contributed by atoms with E-state index in [-0.39, 0.29) is 30.9 Å². The van der Waals surface area contributed by atoms with E-state index in [0.29, 0.717) is 25.7 Å². The highest BCUT2D eigenvalue weighted by atomic mass is 16.5. The van der Waals surface area contributed by atoms with E-state index in [9.17, 15) is 19.2 Å². The van der Waals surface area contributed by atoms with Crippen molar-refractivity contribution in [3.05, 3.63) is 72.9 Å². The van der Waals surface area contributed by atoms with Gasteiger partial charge in [-0.3, -0.25) is 14.4 Å². The van der Waals surface area contributed by atoms with Crippen LogP contribution in [0.1, 0.15) is 213 Å². The second-order valence-corrected chi connectivity index (χ2v) is 16.5. The maximum atomic E-state index is 12.8. The van der Waals surface area contributed by atoms with E-state index in [4.69, 9.17) is 14.9 Å². The quantitative estimate of drug-likeness (QED) is 0.0271. The Kier molecular flexibility index (Phi) is 44.0. The molecule has 0 bridgehead atoms. The molecular formula is C53H90N2O7. The van der Waals surface area contributed by atoms with Gasteiger partial charge in [-0.2, -0.15) is 0 Å². The largest absolute Gasteiger partial charge is 0.480 e. The van der Waals surface area contributed by atoms with Crippen LogP contribution < -0.4 is 10.6 Å². The van der Waals surface area contributed by atoms with Crippen molar-refractivity contribution in [2.45, 2.75) is 225 Å². The highest BCUT2D eigenvalue weighted by Crippen LogP contribution is 2.15. The average molecular weight is 867 g/mol. The van der Waals surface area contributed by atoms with Crippen molar-refractivity contribution in [1.29, 1.82) is 0 Å². The minimum Gasteiger partial charge on any atom is -0.480 e. The predicted octanol–water partition coefficient (Wildman–Crippen LogP) is 13.0. The lowest BCUT2D eigenvalue weighted by molar-refractivity contribution is -0.147. The summed E-state index contributed by atoms with van der Waals surface area (Å²) < 4.78 is 5.87. The molecule has 0 fully saturated rings. The fourth-order valence-corrected chi connectivity index (χ4v) is 6.89. The van der Waals surface area contributed by atoms with Gasteiger partial charge >= 0.3 is 11.9 Å². The molecule has 0 aliphatic heterocycles.